The van der Waals surface area contributed by atoms with E-state index in [9.17, 15) is 4.39 Å². The van der Waals surface area contributed by atoms with Gasteiger partial charge in [0.25, 0.3) is 0 Å². The molecular formula is C13H12ClFN2O. The maximum absolute atomic E-state index is 13.0. The molecule has 0 aliphatic heterocycles. The molecule has 0 saturated carbocycles. The van der Waals surface area contributed by atoms with Crippen molar-refractivity contribution < 1.29 is 9.13 Å². The van der Waals surface area contributed by atoms with Gasteiger partial charge in [0, 0.05) is 23.9 Å². The molecule has 0 aliphatic rings. The highest BCUT2D eigenvalue weighted by Gasteiger charge is 2.10. The van der Waals surface area contributed by atoms with Crippen molar-refractivity contribution in [1.29, 1.82) is 0 Å². The van der Waals surface area contributed by atoms with Crippen molar-refractivity contribution in [2.45, 2.75) is 13.0 Å². The van der Waals surface area contributed by atoms with E-state index in [4.69, 9.17) is 22.1 Å². The fourth-order valence-corrected chi connectivity index (χ4v) is 1.66. The summed E-state index contributed by atoms with van der Waals surface area (Å²) in [5.74, 6) is 0.328. The van der Waals surface area contributed by atoms with E-state index in [0.29, 0.717) is 11.6 Å². The third-order valence-corrected chi connectivity index (χ3v) is 2.69. The van der Waals surface area contributed by atoms with Crippen molar-refractivity contribution in [1.82, 2.24) is 4.98 Å². The molecule has 2 N–H and O–H groups in total. The Morgan fingerprint density at radius 2 is 2.17 bits per heavy atom. The van der Waals surface area contributed by atoms with Gasteiger partial charge in [-0.3, -0.25) is 0 Å². The molecule has 0 fully saturated rings. The van der Waals surface area contributed by atoms with E-state index in [1.54, 1.807) is 12.3 Å². The molecule has 1 heterocycles. The minimum Gasteiger partial charge on any atom is -0.439 e. The zero-order valence-electron chi connectivity index (χ0n) is 9.73. The van der Waals surface area contributed by atoms with E-state index >= 15 is 0 Å². The van der Waals surface area contributed by atoms with Gasteiger partial charge in [-0.15, -0.1) is 0 Å². The van der Waals surface area contributed by atoms with Crippen molar-refractivity contribution in [2.75, 3.05) is 0 Å². The molecule has 1 aromatic heterocycles. The van der Waals surface area contributed by atoms with Gasteiger partial charge in [0.05, 0.1) is 5.02 Å². The quantitative estimate of drug-likeness (QED) is 0.922. The fraction of sp³-hybridized carbons (Fsp3) is 0.154. The second kappa shape index (κ2) is 5.33. The van der Waals surface area contributed by atoms with Crippen molar-refractivity contribution in [2.24, 2.45) is 5.73 Å². The van der Waals surface area contributed by atoms with E-state index in [1.165, 1.54) is 18.2 Å². The first-order chi connectivity index (χ1) is 8.58. The summed E-state index contributed by atoms with van der Waals surface area (Å²) in [6.45, 7) is 1.83. The van der Waals surface area contributed by atoms with Gasteiger partial charge in [-0.2, -0.15) is 0 Å². The maximum Gasteiger partial charge on any atom is 0.223 e. The lowest BCUT2D eigenvalue weighted by molar-refractivity contribution is 0.450. The number of hydrogen-bond acceptors (Lipinski definition) is 3. The van der Waals surface area contributed by atoms with Crippen LogP contribution in [0.3, 0.4) is 0 Å². The van der Waals surface area contributed by atoms with Crippen LogP contribution in [0.1, 0.15) is 18.5 Å². The van der Waals surface area contributed by atoms with Gasteiger partial charge in [0.2, 0.25) is 5.88 Å². The smallest absolute Gasteiger partial charge is 0.223 e. The van der Waals surface area contributed by atoms with Crippen LogP contribution in [0.15, 0.2) is 36.5 Å². The highest BCUT2D eigenvalue weighted by Crippen LogP contribution is 2.28. The number of nitrogens with zero attached hydrogens (tertiary/aromatic N) is 1. The summed E-state index contributed by atoms with van der Waals surface area (Å²) in [4.78, 5) is 4.11. The number of pyridine rings is 1. The number of benzene rings is 1. The number of hydrogen-bond donors (Lipinski definition) is 1. The minimum absolute atomic E-state index is 0.00535. The first-order valence-electron chi connectivity index (χ1n) is 5.41. The molecule has 0 unspecified atom stereocenters. The Balaban J connectivity index is 2.31. The summed E-state index contributed by atoms with van der Waals surface area (Å²) < 4.78 is 18.6. The number of aromatic nitrogens is 1. The molecule has 5 heteroatoms. The third kappa shape index (κ3) is 2.78. The Labute approximate surface area is 109 Å². The van der Waals surface area contributed by atoms with Crippen LogP contribution in [-0.2, 0) is 0 Å². The molecule has 3 nitrogen and oxygen atoms in total. The topological polar surface area (TPSA) is 48.1 Å². The summed E-state index contributed by atoms with van der Waals surface area (Å²) in [7, 11) is 0. The Morgan fingerprint density at radius 3 is 2.83 bits per heavy atom. The van der Waals surface area contributed by atoms with Gasteiger partial charge in [0.1, 0.15) is 11.6 Å². The molecule has 0 saturated heterocycles. The Morgan fingerprint density at radius 1 is 1.39 bits per heavy atom. The average molecular weight is 267 g/mol. The monoisotopic (exact) mass is 266 g/mol. The predicted octanol–water partition coefficient (Wildman–Crippen LogP) is 3.69. The van der Waals surface area contributed by atoms with E-state index in [-0.39, 0.29) is 11.1 Å². The Hall–Kier alpha value is -1.65. The third-order valence-electron chi connectivity index (χ3n) is 2.40. The van der Waals surface area contributed by atoms with Crippen LogP contribution in [-0.4, -0.2) is 4.98 Å². The fourth-order valence-electron chi connectivity index (χ4n) is 1.49. The standard InChI is InChI=1S/C13H12ClFN2O/c1-8(16)10-3-2-6-17-13(10)18-9-4-5-12(15)11(14)7-9/h2-8H,16H2,1H3/t8-/m0/s1. The lowest BCUT2D eigenvalue weighted by atomic mass is 10.1. The Bertz CT molecular complexity index is 560. The molecule has 0 spiro atoms. The average Bonchev–Trinajstić information content (AvgIpc) is 2.34. The van der Waals surface area contributed by atoms with E-state index < -0.39 is 5.82 Å². The first kappa shape index (κ1) is 12.8. The van der Waals surface area contributed by atoms with Crippen molar-refractivity contribution >= 4 is 11.6 Å². The molecule has 1 aromatic carbocycles. The number of ether oxygens (including phenoxy) is 1. The summed E-state index contributed by atoms with van der Waals surface area (Å²) in [5.41, 5.74) is 6.59. The van der Waals surface area contributed by atoms with Crippen molar-refractivity contribution in [3.8, 4) is 11.6 Å². The molecule has 18 heavy (non-hydrogen) atoms. The lowest BCUT2D eigenvalue weighted by Crippen LogP contribution is -2.07. The van der Waals surface area contributed by atoms with Gasteiger partial charge in [-0.25, -0.2) is 9.37 Å². The summed E-state index contributed by atoms with van der Waals surface area (Å²) in [6, 6.07) is 7.54. The number of nitrogens with two attached hydrogens (primary N) is 1. The molecule has 0 radical (unpaired) electrons. The molecule has 0 bridgehead atoms. The van der Waals surface area contributed by atoms with Crippen LogP contribution in [0.5, 0.6) is 11.6 Å². The van der Waals surface area contributed by atoms with E-state index in [1.807, 2.05) is 13.0 Å². The lowest BCUT2D eigenvalue weighted by Gasteiger charge is -2.12. The van der Waals surface area contributed by atoms with Crippen LogP contribution in [0.4, 0.5) is 4.39 Å². The van der Waals surface area contributed by atoms with Gasteiger partial charge < -0.3 is 10.5 Å². The predicted molar refractivity (Wildman–Crippen MR) is 68.3 cm³/mol. The molecule has 1 atom stereocenters. The highest BCUT2D eigenvalue weighted by atomic mass is 35.5. The van der Waals surface area contributed by atoms with Gasteiger partial charge in [-0.05, 0) is 25.1 Å². The summed E-state index contributed by atoms with van der Waals surface area (Å²) in [5, 5.41) is 0.00535. The van der Waals surface area contributed by atoms with Gasteiger partial charge in [0.15, 0.2) is 0 Å². The van der Waals surface area contributed by atoms with Gasteiger partial charge in [-0.1, -0.05) is 17.7 Å². The van der Waals surface area contributed by atoms with E-state index in [0.717, 1.165) is 5.56 Å². The molecule has 2 aromatic rings. The summed E-state index contributed by atoms with van der Waals surface area (Å²) in [6.07, 6.45) is 1.60. The van der Waals surface area contributed by atoms with Gasteiger partial charge >= 0.3 is 0 Å². The second-order valence-corrected chi connectivity index (χ2v) is 4.27. The van der Waals surface area contributed by atoms with E-state index in [2.05, 4.69) is 4.98 Å². The van der Waals surface area contributed by atoms with Crippen LogP contribution in [0, 0.1) is 5.82 Å². The van der Waals surface area contributed by atoms with Crippen LogP contribution in [0.2, 0.25) is 5.02 Å². The van der Waals surface area contributed by atoms with Crippen LogP contribution < -0.4 is 10.5 Å². The van der Waals surface area contributed by atoms with Crippen molar-refractivity contribution in [3.05, 3.63) is 52.9 Å². The largest absolute Gasteiger partial charge is 0.439 e. The normalized spacial score (nSPS) is 12.2. The minimum atomic E-state index is -0.488. The first-order valence-corrected chi connectivity index (χ1v) is 5.79. The van der Waals surface area contributed by atoms with Crippen molar-refractivity contribution in [3.63, 3.8) is 0 Å². The van der Waals surface area contributed by atoms with Crippen LogP contribution >= 0.6 is 11.6 Å². The molecule has 2 rings (SSSR count). The molecular weight excluding hydrogens is 255 g/mol. The molecule has 0 aliphatic carbocycles. The highest BCUT2D eigenvalue weighted by molar-refractivity contribution is 6.30. The second-order valence-electron chi connectivity index (χ2n) is 3.86. The Kier molecular flexibility index (Phi) is 3.79. The zero-order valence-corrected chi connectivity index (χ0v) is 10.5. The zero-order chi connectivity index (χ0) is 13.1. The number of rotatable bonds is 3. The number of halogens is 2. The molecule has 94 valence electrons. The summed E-state index contributed by atoms with van der Waals surface area (Å²) >= 11 is 5.68. The SMILES string of the molecule is C[C@H](N)c1cccnc1Oc1ccc(F)c(Cl)c1. The maximum atomic E-state index is 13.0. The molecule has 0 amide bonds. The van der Waals surface area contributed by atoms with Crippen LogP contribution in [0.25, 0.3) is 0 Å².